The first kappa shape index (κ1) is 20.9. The molecule has 4 atom stereocenters. The lowest BCUT2D eigenvalue weighted by atomic mass is 10.1. The number of ether oxygens (including phenoxy) is 2. The summed E-state index contributed by atoms with van der Waals surface area (Å²) in [7, 11) is 1.39. The minimum atomic E-state index is -0.946. The fourth-order valence-electron chi connectivity index (χ4n) is 2.50. The third kappa shape index (κ3) is 12.0. The van der Waals surface area contributed by atoms with Gasteiger partial charge >= 0.3 is 5.97 Å². The number of hydrogen-bond acceptors (Lipinski definition) is 5. The lowest BCUT2D eigenvalue weighted by Crippen LogP contribution is -2.01. The highest BCUT2D eigenvalue weighted by molar-refractivity contribution is 5.69. The predicted octanol–water partition coefficient (Wildman–Crippen LogP) is 3.46. The quantitative estimate of drug-likeness (QED) is 0.200. The van der Waals surface area contributed by atoms with Gasteiger partial charge in [0.15, 0.2) is 0 Å². The summed E-state index contributed by atoms with van der Waals surface area (Å²) in [6.45, 7) is -0.946. The first-order valence-corrected chi connectivity index (χ1v) is 9.52. The van der Waals surface area contributed by atoms with Gasteiger partial charge in [-0.1, -0.05) is 42.9 Å². The number of esters is 1. The van der Waals surface area contributed by atoms with Gasteiger partial charge in [0.25, 0.3) is 0 Å². The van der Waals surface area contributed by atoms with E-state index in [-0.39, 0.29) is 18.2 Å². The van der Waals surface area contributed by atoms with Crippen LogP contribution in [0.2, 0.25) is 0 Å². The second-order valence-electron chi connectivity index (χ2n) is 6.44. The number of allylic oxidation sites excluding steroid dienone is 2. The molecule has 1 fully saturated rings. The van der Waals surface area contributed by atoms with Crippen LogP contribution in [-0.2, 0) is 14.3 Å². The highest BCUT2D eigenvalue weighted by atomic mass is 16.6. The van der Waals surface area contributed by atoms with Crippen molar-refractivity contribution in [2.75, 3.05) is 13.7 Å². The van der Waals surface area contributed by atoms with E-state index in [1.807, 2.05) is 18.2 Å². The molecule has 5 heteroatoms. The molecule has 2 N–H and O–H groups in total. The SMILES string of the molecule is [3H]C(O)CCCC/C=C\C[C@@H]1O[C@H]1/C=C/[C@@H](O)C/C=C\CCCC(=O)OC. The first-order valence-electron chi connectivity index (χ1n) is 10.1. The molecule has 0 radical (unpaired) electrons. The zero-order valence-electron chi connectivity index (χ0n) is 16.8. The second-order valence-corrected chi connectivity index (χ2v) is 6.44. The van der Waals surface area contributed by atoms with E-state index < -0.39 is 12.7 Å². The summed E-state index contributed by atoms with van der Waals surface area (Å²) in [6.07, 6.45) is 18.4. The number of unbranched alkanes of at least 4 members (excludes halogenated alkanes) is 3. The van der Waals surface area contributed by atoms with Gasteiger partial charge in [0.1, 0.15) is 6.10 Å². The van der Waals surface area contributed by atoms with Gasteiger partial charge in [-0.25, -0.2) is 0 Å². The minimum absolute atomic E-state index is 0.0896. The number of rotatable bonds is 15. The third-order valence-corrected chi connectivity index (χ3v) is 4.16. The van der Waals surface area contributed by atoms with Crippen LogP contribution in [0.15, 0.2) is 36.5 Å². The van der Waals surface area contributed by atoms with E-state index in [2.05, 4.69) is 16.9 Å². The second kappa shape index (κ2) is 14.7. The lowest BCUT2D eigenvalue weighted by Gasteiger charge is -2.00. The topological polar surface area (TPSA) is 79.3 Å². The molecule has 0 spiro atoms. The Hall–Kier alpha value is -1.43. The van der Waals surface area contributed by atoms with Crippen molar-refractivity contribution in [3.63, 3.8) is 0 Å². The number of aliphatic hydroxyl groups excluding tert-OH is 2. The summed E-state index contributed by atoms with van der Waals surface area (Å²) in [6, 6.07) is 0. The number of epoxide rings is 1. The minimum Gasteiger partial charge on any atom is -0.469 e. The molecular formula is C21H34O5. The largest absolute Gasteiger partial charge is 0.469 e. The highest BCUT2D eigenvalue weighted by Crippen LogP contribution is 2.27. The van der Waals surface area contributed by atoms with E-state index in [9.17, 15) is 9.90 Å². The molecule has 0 aromatic heterocycles. The van der Waals surface area contributed by atoms with Crippen molar-refractivity contribution >= 4 is 5.97 Å². The van der Waals surface area contributed by atoms with Gasteiger partial charge < -0.3 is 19.7 Å². The molecule has 0 aliphatic carbocycles. The number of methoxy groups -OCH3 is 1. The zero-order chi connectivity index (χ0) is 19.9. The van der Waals surface area contributed by atoms with E-state index in [0.29, 0.717) is 19.3 Å². The maximum Gasteiger partial charge on any atom is 0.305 e. The Labute approximate surface area is 158 Å². The zero-order valence-corrected chi connectivity index (χ0v) is 15.8. The third-order valence-electron chi connectivity index (χ3n) is 4.16. The monoisotopic (exact) mass is 368 g/mol. The first-order chi connectivity index (χ1) is 13.0. The average Bonchev–Trinajstić information content (AvgIpc) is 3.39. The summed E-state index contributed by atoms with van der Waals surface area (Å²) < 4.78 is 17.1. The van der Waals surface area contributed by atoms with Crippen LogP contribution in [0.1, 0.15) is 59.2 Å². The van der Waals surface area contributed by atoms with E-state index in [1.54, 1.807) is 6.08 Å². The number of hydrogen-bond donors (Lipinski definition) is 2. The lowest BCUT2D eigenvalue weighted by molar-refractivity contribution is -0.140. The molecule has 148 valence electrons. The van der Waals surface area contributed by atoms with Gasteiger partial charge in [0.2, 0.25) is 0 Å². The van der Waals surface area contributed by atoms with Crippen molar-refractivity contribution in [1.29, 1.82) is 0 Å². The standard InChI is InChI=1S/C21H34O5/c1-25-21(24)14-10-6-5-8-12-18(23)15-16-20-19(26-20)13-9-4-2-3-7-11-17-22/h4-5,8-9,15-16,18-20,22-23H,2-3,6-7,10-14,17H2,1H3/b8-5-,9-4-,16-15+/t18-,19-,20-/m0/s1/i17T/t17?,18-,19-,20-. The summed E-state index contributed by atoms with van der Waals surface area (Å²) in [5.74, 6) is -0.191. The fourth-order valence-corrected chi connectivity index (χ4v) is 2.50. The summed E-state index contributed by atoms with van der Waals surface area (Å²) in [5.41, 5.74) is 0. The highest BCUT2D eigenvalue weighted by Gasteiger charge is 2.34. The molecule has 0 amide bonds. The van der Waals surface area contributed by atoms with Crippen molar-refractivity contribution in [2.24, 2.45) is 0 Å². The molecular weight excluding hydrogens is 332 g/mol. The molecule has 1 unspecified atom stereocenters. The normalized spacial score (nSPS) is 22.8. The van der Waals surface area contributed by atoms with Crippen LogP contribution >= 0.6 is 0 Å². The molecule has 1 rings (SSSR count). The van der Waals surface area contributed by atoms with Gasteiger partial charge in [-0.05, 0) is 44.9 Å². The summed E-state index contributed by atoms with van der Waals surface area (Å²) in [5, 5.41) is 18.8. The average molecular weight is 369 g/mol. The molecule has 0 bridgehead atoms. The maximum atomic E-state index is 11.0. The smallest absolute Gasteiger partial charge is 0.305 e. The molecule has 1 saturated heterocycles. The van der Waals surface area contributed by atoms with E-state index in [0.717, 1.165) is 38.5 Å². The van der Waals surface area contributed by atoms with Gasteiger partial charge in [0, 0.05) is 13.0 Å². The molecule has 26 heavy (non-hydrogen) atoms. The maximum absolute atomic E-state index is 11.0. The van der Waals surface area contributed by atoms with Crippen molar-refractivity contribution in [3.05, 3.63) is 36.5 Å². The van der Waals surface area contributed by atoms with Gasteiger partial charge in [-0.2, -0.15) is 0 Å². The van der Waals surface area contributed by atoms with Gasteiger partial charge in [-0.15, -0.1) is 0 Å². The Morgan fingerprint density at radius 2 is 1.96 bits per heavy atom. The fraction of sp³-hybridized carbons (Fsp3) is 0.667. The van der Waals surface area contributed by atoms with Crippen LogP contribution in [0.25, 0.3) is 0 Å². The van der Waals surface area contributed by atoms with Crippen molar-refractivity contribution in [1.82, 2.24) is 0 Å². The number of carbonyl (C=O) groups is 1. The van der Waals surface area contributed by atoms with Crippen LogP contribution in [0, 0.1) is 0 Å². The van der Waals surface area contributed by atoms with E-state index >= 15 is 0 Å². The Bertz CT molecular complexity index is 487. The van der Waals surface area contributed by atoms with Crippen LogP contribution in [0.5, 0.6) is 0 Å². The summed E-state index contributed by atoms with van der Waals surface area (Å²) >= 11 is 0. The Balaban J connectivity index is 2.02. The Morgan fingerprint density at radius 3 is 2.73 bits per heavy atom. The van der Waals surface area contributed by atoms with Crippen molar-refractivity contribution < 1.29 is 25.9 Å². The molecule has 0 saturated carbocycles. The molecule has 0 aromatic rings. The van der Waals surface area contributed by atoms with Crippen LogP contribution in [0.3, 0.4) is 0 Å². The molecule has 5 nitrogen and oxygen atoms in total. The Kier molecular flexibility index (Phi) is 11.8. The molecule has 0 aromatic carbocycles. The van der Waals surface area contributed by atoms with E-state index in [4.69, 9.17) is 11.2 Å². The molecule has 1 heterocycles. The molecule has 1 aliphatic rings. The molecule has 1 aliphatic heterocycles. The van der Waals surface area contributed by atoms with Gasteiger partial charge in [-0.3, -0.25) is 4.79 Å². The van der Waals surface area contributed by atoms with Gasteiger partial charge in [0.05, 0.1) is 20.7 Å². The number of aliphatic hydroxyl groups is 2. The van der Waals surface area contributed by atoms with Crippen molar-refractivity contribution in [2.45, 2.75) is 76.1 Å². The summed E-state index contributed by atoms with van der Waals surface area (Å²) in [4.78, 5) is 11.0. The van der Waals surface area contributed by atoms with Crippen LogP contribution < -0.4 is 0 Å². The van der Waals surface area contributed by atoms with Crippen molar-refractivity contribution in [3.8, 4) is 0 Å². The van der Waals surface area contributed by atoms with Crippen LogP contribution in [0.4, 0.5) is 0 Å². The van der Waals surface area contributed by atoms with E-state index in [1.165, 1.54) is 7.11 Å². The predicted molar refractivity (Wildman–Crippen MR) is 103 cm³/mol. The van der Waals surface area contributed by atoms with Crippen LogP contribution in [-0.4, -0.2) is 48.2 Å². The Morgan fingerprint density at radius 1 is 1.19 bits per heavy atom. The number of carbonyl (C=O) groups excluding carboxylic acids is 1.